The molecule has 2 aliphatic carbocycles. The van der Waals surface area contributed by atoms with Crippen LogP contribution in [0.4, 0.5) is 0 Å². The Hall–Kier alpha value is -1.00. The van der Waals surface area contributed by atoms with E-state index in [1.165, 1.54) is 30.7 Å². The molecular weight excluding hydrogens is 388 g/mol. The Labute approximate surface area is 162 Å². The van der Waals surface area contributed by atoms with Crippen molar-refractivity contribution in [2.24, 2.45) is 5.92 Å². The molecule has 2 fully saturated rings. The van der Waals surface area contributed by atoms with Gasteiger partial charge in [-0.25, -0.2) is 26.3 Å². The summed E-state index contributed by atoms with van der Waals surface area (Å²) < 4.78 is 59.9. The van der Waals surface area contributed by atoms with Crippen molar-refractivity contribution in [2.45, 2.75) is 67.4 Å². The molecule has 2 saturated carbocycles. The molecule has 152 valence electrons. The fraction of sp³-hybridized carbons (Fsp3) is 0.667. The van der Waals surface area contributed by atoms with Crippen LogP contribution in [0.15, 0.2) is 34.1 Å². The fourth-order valence-corrected chi connectivity index (χ4v) is 5.60. The van der Waals surface area contributed by atoms with E-state index in [9.17, 15) is 16.8 Å². The van der Waals surface area contributed by atoms with Crippen LogP contribution in [0.2, 0.25) is 0 Å². The molecule has 7 nitrogen and oxygen atoms in total. The van der Waals surface area contributed by atoms with Crippen LogP contribution in [0.1, 0.15) is 45.4 Å². The van der Waals surface area contributed by atoms with Crippen molar-refractivity contribution >= 4 is 20.0 Å². The first-order chi connectivity index (χ1) is 12.8. The van der Waals surface area contributed by atoms with Crippen molar-refractivity contribution in [1.29, 1.82) is 0 Å². The second kappa shape index (κ2) is 8.57. The molecule has 0 aromatic heterocycles. The first-order valence-electron chi connectivity index (χ1n) is 9.51. The fourth-order valence-electron chi connectivity index (χ4n) is 3.29. The van der Waals surface area contributed by atoms with E-state index in [0.29, 0.717) is 12.5 Å². The van der Waals surface area contributed by atoms with Crippen LogP contribution in [0.3, 0.4) is 0 Å². The van der Waals surface area contributed by atoms with Gasteiger partial charge in [-0.1, -0.05) is 19.8 Å². The molecule has 2 unspecified atom stereocenters. The summed E-state index contributed by atoms with van der Waals surface area (Å²) in [5.41, 5.74) is 0. The van der Waals surface area contributed by atoms with Gasteiger partial charge in [-0.05, 0) is 55.9 Å². The average Bonchev–Trinajstić information content (AvgIpc) is 3.43. The number of rotatable bonds is 9. The maximum atomic E-state index is 12.4. The summed E-state index contributed by atoms with van der Waals surface area (Å²) in [6.07, 6.45) is 6.46. The monoisotopic (exact) mass is 416 g/mol. The minimum Gasteiger partial charge on any atom is -0.377 e. The van der Waals surface area contributed by atoms with Crippen LogP contribution in [0, 0.1) is 5.92 Å². The molecule has 0 spiro atoms. The van der Waals surface area contributed by atoms with Crippen molar-refractivity contribution < 1.29 is 21.6 Å². The lowest BCUT2D eigenvalue weighted by Crippen LogP contribution is -2.32. The molecule has 1 aromatic carbocycles. The topological polar surface area (TPSA) is 102 Å². The molecule has 0 saturated heterocycles. The Morgan fingerprint density at radius 1 is 0.926 bits per heavy atom. The van der Waals surface area contributed by atoms with E-state index in [-0.39, 0.29) is 28.5 Å². The lowest BCUT2D eigenvalue weighted by Gasteiger charge is -2.28. The minimum absolute atomic E-state index is 0.00644. The Morgan fingerprint density at radius 2 is 1.52 bits per heavy atom. The third-order valence-corrected chi connectivity index (χ3v) is 8.12. The molecule has 2 aliphatic rings. The van der Waals surface area contributed by atoms with Gasteiger partial charge in [0.25, 0.3) is 0 Å². The molecule has 2 atom stereocenters. The molecular formula is C18H28N2O5S2. The van der Waals surface area contributed by atoms with Crippen LogP contribution in [-0.2, 0) is 24.8 Å². The highest BCUT2D eigenvalue weighted by atomic mass is 32.2. The second-order valence-corrected chi connectivity index (χ2v) is 10.9. The Morgan fingerprint density at radius 3 is 2.11 bits per heavy atom. The molecule has 0 heterocycles. The molecule has 0 amide bonds. The normalized spacial score (nSPS) is 24.0. The van der Waals surface area contributed by atoms with Crippen LogP contribution < -0.4 is 9.44 Å². The molecule has 27 heavy (non-hydrogen) atoms. The van der Waals surface area contributed by atoms with E-state index in [0.717, 1.165) is 32.1 Å². The van der Waals surface area contributed by atoms with E-state index in [2.05, 4.69) is 16.4 Å². The van der Waals surface area contributed by atoms with Gasteiger partial charge in [0.05, 0.1) is 22.5 Å². The highest BCUT2D eigenvalue weighted by Gasteiger charge is 2.28. The van der Waals surface area contributed by atoms with Gasteiger partial charge >= 0.3 is 0 Å². The first kappa shape index (κ1) is 20.7. The van der Waals surface area contributed by atoms with Crippen LogP contribution in [0.25, 0.3) is 0 Å². The van der Waals surface area contributed by atoms with Crippen LogP contribution >= 0.6 is 0 Å². The summed E-state index contributed by atoms with van der Waals surface area (Å²) in [6, 6.07) is 5.27. The van der Waals surface area contributed by atoms with Gasteiger partial charge in [-0.3, -0.25) is 0 Å². The zero-order chi connectivity index (χ0) is 19.5. The number of hydrogen-bond donors (Lipinski definition) is 2. The number of sulfonamides is 2. The smallest absolute Gasteiger partial charge is 0.240 e. The van der Waals surface area contributed by atoms with Gasteiger partial charge in [0.1, 0.15) is 0 Å². The summed E-state index contributed by atoms with van der Waals surface area (Å²) >= 11 is 0. The maximum absolute atomic E-state index is 12.4. The highest BCUT2D eigenvalue weighted by molar-refractivity contribution is 7.90. The molecule has 0 radical (unpaired) electrons. The predicted molar refractivity (Wildman–Crippen MR) is 102 cm³/mol. The summed E-state index contributed by atoms with van der Waals surface area (Å²) in [6.45, 7) is 2.68. The third-order valence-electron chi connectivity index (χ3n) is 5.10. The number of ether oxygens (including phenoxy) is 1. The Kier molecular flexibility index (Phi) is 6.58. The number of hydrogen-bond acceptors (Lipinski definition) is 5. The zero-order valence-corrected chi connectivity index (χ0v) is 17.2. The van der Waals surface area contributed by atoms with Gasteiger partial charge in [0.15, 0.2) is 0 Å². The van der Waals surface area contributed by atoms with Crippen molar-refractivity contribution in [3.8, 4) is 0 Å². The van der Waals surface area contributed by atoms with Crippen molar-refractivity contribution in [2.75, 3.05) is 13.2 Å². The van der Waals surface area contributed by atoms with E-state index < -0.39 is 20.0 Å². The first-order valence-corrected chi connectivity index (χ1v) is 12.5. The molecule has 0 aliphatic heterocycles. The quantitative estimate of drug-likeness (QED) is 0.600. The van der Waals surface area contributed by atoms with Crippen LogP contribution in [-0.4, -0.2) is 42.1 Å². The maximum Gasteiger partial charge on any atom is 0.240 e. The van der Waals surface area contributed by atoms with Gasteiger partial charge in [0, 0.05) is 12.6 Å². The molecule has 2 N–H and O–H groups in total. The summed E-state index contributed by atoms with van der Waals surface area (Å²) in [7, 11) is -7.28. The van der Waals surface area contributed by atoms with Crippen LogP contribution in [0.5, 0.6) is 0 Å². The lowest BCUT2D eigenvalue weighted by atomic mass is 9.88. The van der Waals surface area contributed by atoms with E-state index in [4.69, 9.17) is 4.74 Å². The van der Waals surface area contributed by atoms with E-state index in [1.54, 1.807) is 0 Å². The standard InChI is InChI=1S/C18H28N2O5S2/c1-14-4-2-3-5-18(14)25-13-12-19-26(21,22)16-8-10-17(11-9-16)27(23,24)20-15-6-7-15/h8-11,14-15,18-20H,2-7,12-13H2,1H3. The molecule has 9 heteroatoms. The van der Waals surface area contributed by atoms with Gasteiger partial charge in [0.2, 0.25) is 20.0 Å². The number of benzene rings is 1. The van der Waals surface area contributed by atoms with Crippen molar-refractivity contribution in [3.05, 3.63) is 24.3 Å². The Balaban J connectivity index is 1.51. The Bertz CT molecular complexity index is 833. The summed E-state index contributed by atoms with van der Waals surface area (Å²) in [4.78, 5) is 0.113. The highest BCUT2D eigenvalue weighted by Crippen LogP contribution is 2.26. The van der Waals surface area contributed by atoms with Gasteiger partial charge in [-0.15, -0.1) is 0 Å². The molecule has 1 aromatic rings. The number of nitrogens with one attached hydrogen (secondary N) is 2. The van der Waals surface area contributed by atoms with E-state index in [1.807, 2.05) is 0 Å². The van der Waals surface area contributed by atoms with E-state index >= 15 is 0 Å². The van der Waals surface area contributed by atoms with Gasteiger partial charge < -0.3 is 4.74 Å². The van der Waals surface area contributed by atoms with Gasteiger partial charge in [-0.2, -0.15) is 0 Å². The third kappa shape index (κ3) is 5.74. The SMILES string of the molecule is CC1CCCCC1OCCNS(=O)(=O)c1ccc(S(=O)(=O)NC2CC2)cc1. The predicted octanol–water partition coefficient (Wildman–Crippen LogP) is 2.00. The summed E-state index contributed by atoms with van der Waals surface area (Å²) in [5.74, 6) is 0.508. The second-order valence-electron chi connectivity index (χ2n) is 7.44. The average molecular weight is 417 g/mol. The van der Waals surface area contributed by atoms with Crippen molar-refractivity contribution in [3.63, 3.8) is 0 Å². The summed E-state index contributed by atoms with van der Waals surface area (Å²) in [5, 5.41) is 0. The van der Waals surface area contributed by atoms with Crippen molar-refractivity contribution in [1.82, 2.24) is 9.44 Å². The largest absolute Gasteiger partial charge is 0.377 e. The molecule has 3 rings (SSSR count). The zero-order valence-electron chi connectivity index (χ0n) is 15.6. The lowest BCUT2D eigenvalue weighted by molar-refractivity contribution is -0.00176. The molecule has 0 bridgehead atoms. The minimum atomic E-state index is -3.69.